The summed E-state index contributed by atoms with van der Waals surface area (Å²) in [6.45, 7) is 2.33. The van der Waals surface area contributed by atoms with Crippen LogP contribution >= 0.6 is 23.2 Å². The fourth-order valence-corrected chi connectivity index (χ4v) is 4.77. The van der Waals surface area contributed by atoms with Crippen molar-refractivity contribution in [3.63, 3.8) is 0 Å². The third kappa shape index (κ3) is 5.15. The molecule has 0 bridgehead atoms. The number of aromatic amines is 1. The van der Waals surface area contributed by atoms with Crippen LogP contribution in [0.25, 0.3) is 22.2 Å². The predicted molar refractivity (Wildman–Crippen MR) is 134 cm³/mol. The third-order valence-electron chi connectivity index (χ3n) is 6.20. The van der Waals surface area contributed by atoms with E-state index in [0.717, 1.165) is 10.9 Å². The number of hydrogen-bond acceptors (Lipinski definition) is 6. The van der Waals surface area contributed by atoms with Crippen molar-refractivity contribution in [3.05, 3.63) is 63.5 Å². The Bertz CT molecular complexity index is 1530. The molecule has 12 heteroatoms. The highest BCUT2D eigenvalue weighted by molar-refractivity contribution is 6.36. The van der Waals surface area contributed by atoms with E-state index in [4.69, 9.17) is 27.9 Å². The van der Waals surface area contributed by atoms with Crippen LogP contribution < -0.4 is 9.64 Å². The van der Waals surface area contributed by atoms with Crippen molar-refractivity contribution in [2.24, 2.45) is 5.92 Å². The summed E-state index contributed by atoms with van der Waals surface area (Å²) < 4.78 is 43.8. The van der Waals surface area contributed by atoms with E-state index in [1.54, 1.807) is 36.2 Å². The smallest absolute Gasteiger partial charge is 0.389 e. The number of ether oxygens (including phenoxy) is 1. The molecule has 1 fully saturated rings. The number of nitrogens with zero attached hydrogens (tertiary/aromatic N) is 5. The lowest BCUT2D eigenvalue weighted by Gasteiger charge is -2.40. The fourth-order valence-electron chi connectivity index (χ4n) is 4.32. The summed E-state index contributed by atoms with van der Waals surface area (Å²) in [5.41, 5.74) is 3.44. The molecule has 190 valence electrons. The van der Waals surface area contributed by atoms with E-state index in [1.807, 2.05) is 6.07 Å². The van der Waals surface area contributed by atoms with Gasteiger partial charge in [-0.25, -0.2) is 4.98 Å². The van der Waals surface area contributed by atoms with Crippen LogP contribution in [0.1, 0.15) is 23.2 Å². The van der Waals surface area contributed by atoms with Gasteiger partial charge in [-0.2, -0.15) is 23.5 Å². The molecule has 3 aromatic heterocycles. The van der Waals surface area contributed by atoms with Crippen LogP contribution in [0.3, 0.4) is 0 Å². The van der Waals surface area contributed by atoms with Crippen LogP contribution in [0.2, 0.25) is 10.0 Å². The number of aryl methyl sites for hydroxylation is 1. The van der Waals surface area contributed by atoms with Gasteiger partial charge in [0.1, 0.15) is 29.9 Å². The second kappa shape index (κ2) is 9.72. The lowest BCUT2D eigenvalue weighted by Crippen LogP contribution is -2.49. The van der Waals surface area contributed by atoms with E-state index >= 15 is 0 Å². The number of nitriles is 1. The normalized spacial score (nSPS) is 14.0. The number of benzene rings is 1. The number of halogens is 5. The molecule has 0 saturated carbocycles. The number of rotatable bonds is 6. The molecule has 5 rings (SSSR count). The maximum Gasteiger partial charge on any atom is 0.389 e. The number of anilines is 1. The first-order valence-corrected chi connectivity index (χ1v) is 12.0. The van der Waals surface area contributed by atoms with Gasteiger partial charge in [-0.15, -0.1) is 0 Å². The van der Waals surface area contributed by atoms with Gasteiger partial charge in [0.05, 0.1) is 26.8 Å². The number of alkyl halides is 3. The van der Waals surface area contributed by atoms with Gasteiger partial charge in [0.2, 0.25) is 0 Å². The lowest BCUT2D eigenvalue weighted by molar-refractivity contribution is -0.146. The summed E-state index contributed by atoms with van der Waals surface area (Å²) in [6, 6.07) is 9.15. The molecule has 0 spiro atoms. The van der Waals surface area contributed by atoms with Gasteiger partial charge in [-0.3, -0.25) is 10.1 Å². The summed E-state index contributed by atoms with van der Waals surface area (Å²) in [7, 11) is 0. The Morgan fingerprint density at radius 2 is 1.97 bits per heavy atom. The highest BCUT2D eigenvalue weighted by atomic mass is 35.5. The molecule has 4 heterocycles. The van der Waals surface area contributed by atoms with Gasteiger partial charge in [0, 0.05) is 54.3 Å². The molecule has 0 atom stereocenters. The Labute approximate surface area is 219 Å². The van der Waals surface area contributed by atoms with E-state index in [-0.39, 0.29) is 25.3 Å². The molecule has 0 amide bonds. The minimum Gasteiger partial charge on any atom is -0.489 e. The number of nitrogens with one attached hydrogen (secondary N) is 1. The third-order valence-corrected chi connectivity index (χ3v) is 7.02. The number of hydrogen-bond donors (Lipinski definition) is 1. The highest BCUT2D eigenvalue weighted by Gasteiger charge is 2.39. The number of H-pyrrole nitrogens is 1. The Morgan fingerprint density at radius 1 is 1.19 bits per heavy atom. The Balaban J connectivity index is 1.37. The molecule has 1 aliphatic heterocycles. The first kappa shape index (κ1) is 25.1. The van der Waals surface area contributed by atoms with E-state index < -0.39 is 18.5 Å². The van der Waals surface area contributed by atoms with Crippen LogP contribution in [-0.2, 0) is 6.61 Å². The summed E-state index contributed by atoms with van der Waals surface area (Å²) >= 11 is 12.6. The summed E-state index contributed by atoms with van der Waals surface area (Å²) in [4.78, 5) is 10.2. The van der Waals surface area contributed by atoms with Crippen LogP contribution in [0, 0.1) is 24.2 Å². The van der Waals surface area contributed by atoms with Crippen LogP contribution in [0.5, 0.6) is 5.75 Å². The van der Waals surface area contributed by atoms with Crippen molar-refractivity contribution in [2.45, 2.75) is 26.1 Å². The quantitative estimate of drug-likeness (QED) is 0.298. The summed E-state index contributed by atoms with van der Waals surface area (Å²) in [5, 5.41) is 18.6. The number of aromatic nitrogens is 4. The molecule has 4 aromatic rings. The maximum absolute atomic E-state index is 12.6. The molecule has 0 radical (unpaired) electrons. The molecule has 1 saturated heterocycles. The van der Waals surface area contributed by atoms with Gasteiger partial charge in [0.15, 0.2) is 0 Å². The monoisotopic (exact) mass is 546 g/mol. The van der Waals surface area contributed by atoms with Crippen molar-refractivity contribution < 1.29 is 17.9 Å². The maximum atomic E-state index is 12.6. The average Bonchev–Trinajstić information content (AvgIpc) is 3.26. The second-order valence-electron chi connectivity index (χ2n) is 8.85. The lowest BCUT2D eigenvalue weighted by atomic mass is 9.95. The van der Waals surface area contributed by atoms with Crippen molar-refractivity contribution in [2.75, 3.05) is 18.0 Å². The largest absolute Gasteiger partial charge is 0.489 e. The van der Waals surface area contributed by atoms with E-state index in [1.165, 1.54) is 6.20 Å². The molecule has 1 N–H and O–H groups in total. The topological polar surface area (TPSA) is 90.7 Å². The van der Waals surface area contributed by atoms with E-state index in [9.17, 15) is 18.4 Å². The SMILES string of the molecule is Cc1ncc(Cl)c(COc2ccc3[nH]nc(-c4cnc(N5CC(CC(F)(F)F)C5)c(C#N)c4)c3c2)c1Cl. The minimum atomic E-state index is -4.20. The minimum absolute atomic E-state index is 0.139. The molecule has 7 nitrogen and oxygen atoms in total. The zero-order valence-electron chi connectivity index (χ0n) is 19.4. The standard InChI is InChI=1S/C25H19Cl2F3N6O/c1-13-22(27)19(20(26)9-32-13)12-37-17-2-3-21-18(5-17)23(35-34-21)16-4-15(7-31)24(33-8-16)36-10-14(11-36)6-25(28,29)30/h2-5,8-9,14H,6,10-12H2,1H3,(H,34,35). The van der Waals surface area contributed by atoms with Crippen LogP contribution in [0.15, 0.2) is 36.7 Å². The summed E-state index contributed by atoms with van der Waals surface area (Å²) in [5.74, 6) is 0.426. The molecule has 0 unspecified atom stereocenters. The van der Waals surface area contributed by atoms with Crippen LogP contribution in [0.4, 0.5) is 19.0 Å². The first-order chi connectivity index (χ1) is 17.6. The van der Waals surface area contributed by atoms with Crippen molar-refractivity contribution in [3.8, 4) is 23.1 Å². The Morgan fingerprint density at radius 3 is 2.70 bits per heavy atom. The molecule has 0 aliphatic carbocycles. The zero-order valence-corrected chi connectivity index (χ0v) is 20.9. The van der Waals surface area contributed by atoms with E-state index in [0.29, 0.717) is 44.1 Å². The van der Waals surface area contributed by atoms with Gasteiger partial charge in [-0.1, -0.05) is 23.2 Å². The van der Waals surface area contributed by atoms with Crippen molar-refractivity contribution in [1.82, 2.24) is 20.2 Å². The fraction of sp³-hybridized carbons (Fsp3) is 0.280. The summed E-state index contributed by atoms with van der Waals surface area (Å²) in [6.07, 6.45) is -1.95. The van der Waals surface area contributed by atoms with Gasteiger partial charge < -0.3 is 9.64 Å². The molecule has 1 aromatic carbocycles. The molecular weight excluding hydrogens is 528 g/mol. The second-order valence-corrected chi connectivity index (χ2v) is 9.63. The highest BCUT2D eigenvalue weighted by Crippen LogP contribution is 2.36. The number of pyridine rings is 2. The van der Waals surface area contributed by atoms with Gasteiger partial charge in [0.25, 0.3) is 0 Å². The van der Waals surface area contributed by atoms with Gasteiger partial charge in [-0.05, 0) is 31.2 Å². The average molecular weight is 547 g/mol. The molecule has 37 heavy (non-hydrogen) atoms. The predicted octanol–water partition coefficient (Wildman–Crippen LogP) is 6.47. The van der Waals surface area contributed by atoms with E-state index in [2.05, 4.69) is 26.2 Å². The first-order valence-electron chi connectivity index (χ1n) is 11.3. The Hall–Kier alpha value is -3.55. The van der Waals surface area contributed by atoms with Crippen LogP contribution in [-0.4, -0.2) is 39.4 Å². The molecule has 1 aliphatic rings. The zero-order chi connectivity index (χ0) is 26.3. The van der Waals surface area contributed by atoms with Crippen molar-refractivity contribution >= 4 is 39.9 Å². The number of fused-ring (bicyclic) bond motifs is 1. The van der Waals surface area contributed by atoms with Gasteiger partial charge >= 0.3 is 6.18 Å². The Kier molecular flexibility index (Phi) is 6.60. The molecular formula is C25H19Cl2F3N6O. The van der Waals surface area contributed by atoms with Crippen molar-refractivity contribution in [1.29, 1.82) is 5.26 Å².